The van der Waals surface area contributed by atoms with Gasteiger partial charge in [-0.15, -0.1) is 5.10 Å². The number of nitrogens with zero attached hydrogens (tertiary/aromatic N) is 6. The van der Waals surface area contributed by atoms with Gasteiger partial charge in [-0.3, -0.25) is 0 Å². The van der Waals surface area contributed by atoms with Crippen LogP contribution in [0.25, 0.3) is 5.65 Å². The number of rotatable bonds is 13. The van der Waals surface area contributed by atoms with Gasteiger partial charge in [0.1, 0.15) is 23.2 Å². The minimum Gasteiger partial charge on any atom is -0.497 e. The number of ether oxygens (including phenoxy) is 4. The normalized spacial score (nSPS) is 14.5. The highest BCUT2D eigenvalue weighted by Crippen LogP contribution is 2.34. The molecule has 1 saturated heterocycles. The van der Waals surface area contributed by atoms with Crippen LogP contribution in [0.1, 0.15) is 76.3 Å². The number of methoxy groups -OCH3 is 2. The SMILES string of the molecule is CCCCOc1nc(N(Cc2ccc(OC)cc2)Cc2ccc(OC)cc2)c2ncc(C(O)C3CCN(C(=O)OC(C)(C)C)CC3)n2n1. The van der Waals surface area contributed by atoms with Gasteiger partial charge in [0.2, 0.25) is 0 Å². The molecular weight excluding hydrogens is 612 g/mol. The molecule has 0 aliphatic carbocycles. The number of unbranched alkanes of at least 4 members (excludes halogenated alkanes) is 1. The number of likely N-dealkylation sites (tertiary alicyclic amines) is 1. The Labute approximate surface area is 282 Å². The number of imidazole rings is 1. The minimum absolute atomic E-state index is 0.0961. The van der Waals surface area contributed by atoms with Crippen molar-refractivity contribution in [3.8, 4) is 17.5 Å². The topological polar surface area (TPSA) is 124 Å². The summed E-state index contributed by atoms with van der Waals surface area (Å²) in [5, 5.41) is 16.4. The number of benzene rings is 2. The lowest BCUT2D eigenvalue weighted by Crippen LogP contribution is -2.42. The molecule has 1 aliphatic heterocycles. The van der Waals surface area contributed by atoms with Gasteiger partial charge in [0, 0.05) is 26.2 Å². The van der Waals surface area contributed by atoms with Crippen molar-refractivity contribution in [2.75, 3.05) is 38.8 Å². The van der Waals surface area contributed by atoms with Gasteiger partial charge in [0.15, 0.2) is 11.5 Å². The number of fused-ring (bicyclic) bond motifs is 1. The largest absolute Gasteiger partial charge is 0.497 e. The van der Waals surface area contributed by atoms with Crippen LogP contribution >= 0.6 is 0 Å². The molecule has 48 heavy (non-hydrogen) atoms. The summed E-state index contributed by atoms with van der Waals surface area (Å²) in [6, 6.07) is 16.1. The zero-order valence-corrected chi connectivity index (χ0v) is 28.9. The van der Waals surface area contributed by atoms with Crippen LogP contribution in [0.3, 0.4) is 0 Å². The molecule has 5 rings (SSSR count). The average molecular weight is 661 g/mol. The van der Waals surface area contributed by atoms with E-state index in [1.54, 1.807) is 29.8 Å². The molecule has 1 fully saturated rings. The Morgan fingerprint density at radius 2 is 1.56 bits per heavy atom. The van der Waals surface area contributed by atoms with Crippen LogP contribution in [0.15, 0.2) is 54.7 Å². The molecule has 12 nitrogen and oxygen atoms in total. The predicted octanol–water partition coefficient (Wildman–Crippen LogP) is 6.21. The number of hydrogen-bond acceptors (Lipinski definition) is 10. The maximum Gasteiger partial charge on any atom is 0.410 e. The molecule has 0 spiro atoms. The van der Waals surface area contributed by atoms with Crippen molar-refractivity contribution in [2.24, 2.45) is 5.92 Å². The highest BCUT2D eigenvalue weighted by molar-refractivity contribution is 5.68. The zero-order valence-electron chi connectivity index (χ0n) is 28.9. The fraction of sp³-hybridized carbons (Fsp3) is 0.500. The zero-order chi connectivity index (χ0) is 34.3. The maximum atomic E-state index is 12.6. The highest BCUT2D eigenvalue weighted by Gasteiger charge is 2.33. The van der Waals surface area contributed by atoms with Crippen molar-refractivity contribution < 1.29 is 28.8 Å². The predicted molar refractivity (Wildman–Crippen MR) is 183 cm³/mol. The lowest BCUT2D eigenvalue weighted by molar-refractivity contribution is 0.00687. The Hall–Kier alpha value is -4.58. The second-order valence-electron chi connectivity index (χ2n) is 13.1. The number of hydrogen-bond donors (Lipinski definition) is 1. The van der Waals surface area contributed by atoms with Crippen molar-refractivity contribution in [1.82, 2.24) is 24.5 Å². The number of carbonyl (C=O) groups excluding carboxylic acids is 1. The van der Waals surface area contributed by atoms with Crippen LogP contribution in [0.5, 0.6) is 17.5 Å². The van der Waals surface area contributed by atoms with E-state index in [-0.39, 0.29) is 18.0 Å². The van der Waals surface area contributed by atoms with E-state index in [1.807, 2.05) is 69.3 Å². The number of aromatic nitrogens is 4. The first kappa shape index (κ1) is 34.7. The van der Waals surface area contributed by atoms with E-state index in [9.17, 15) is 9.90 Å². The van der Waals surface area contributed by atoms with Gasteiger partial charge in [-0.1, -0.05) is 37.6 Å². The van der Waals surface area contributed by atoms with Crippen molar-refractivity contribution >= 4 is 17.6 Å². The van der Waals surface area contributed by atoms with Crippen LogP contribution in [0.4, 0.5) is 10.6 Å². The average Bonchev–Trinajstić information content (AvgIpc) is 3.51. The second-order valence-corrected chi connectivity index (χ2v) is 13.1. The molecule has 1 N–H and O–H groups in total. The summed E-state index contributed by atoms with van der Waals surface area (Å²) in [6.45, 7) is 10.2. The monoisotopic (exact) mass is 660 g/mol. The van der Waals surface area contributed by atoms with E-state index in [0.29, 0.717) is 62.8 Å². The molecule has 0 bridgehead atoms. The van der Waals surface area contributed by atoms with Crippen molar-refractivity contribution in [1.29, 1.82) is 0 Å². The molecule has 0 saturated carbocycles. The molecule has 1 amide bonds. The van der Waals surface area contributed by atoms with Gasteiger partial charge in [0.05, 0.1) is 32.7 Å². The molecule has 0 radical (unpaired) electrons. The summed E-state index contributed by atoms with van der Waals surface area (Å²) in [5.41, 5.74) is 2.61. The number of piperidine rings is 1. The van der Waals surface area contributed by atoms with Crippen LogP contribution in [0.2, 0.25) is 0 Å². The number of carbonyl (C=O) groups is 1. The molecule has 3 heterocycles. The Kier molecular flexibility index (Phi) is 11.3. The first-order chi connectivity index (χ1) is 23.1. The van der Waals surface area contributed by atoms with Gasteiger partial charge < -0.3 is 33.9 Å². The Balaban J connectivity index is 1.48. The van der Waals surface area contributed by atoms with E-state index in [1.165, 1.54) is 0 Å². The first-order valence-electron chi connectivity index (χ1n) is 16.6. The van der Waals surface area contributed by atoms with Crippen LogP contribution in [-0.2, 0) is 17.8 Å². The number of aliphatic hydroxyl groups is 1. The Bertz CT molecular complexity index is 1580. The molecule has 1 atom stereocenters. The molecule has 1 unspecified atom stereocenters. The third kappa shape index (κ3) is 8.66. The minimum atomic E-state index is -0.858. The van der Waals surface area contributed by atoms with Crippen LogP contribution < -0.4 is 19.1 Å². The molecule has 4 aromatic rings. The lowest BCUT2D eigenvalue weighted by atomic mass is 9.90. The Morgan fingerprint density at radius 3 is 2.08 bits per heavy atom. The van der Waals surface area contributed by atoms with E-state index in [2.05, 4.69) is 11.8 Å². The van der Waals surface area contributed by atoms with Gasteiger partial charge in [-0.25, -0.2) is 14.3 Å². The van der Waals surface area contributed by atoms with Gasteiger partial charge in [0.25, 0.3) is 0 Å². The summed E-state index contributed by atoms with van der Waals surface area (Å²) < 4.78 is 24.1. The van der Waals surface area contributed by atoms with Crippen molar-refractivity contribution in [2.45, 2.75) is 78.2 Å². The second kappa shape index (κ2) is 15.5. The van der Waals surface area contributed by atoms with Crippen LogP contribution in [0, 0.1) is 5.92 Å². The summed E-state index contributed by atoms with van der Waals surface area (Å²) in [5.74, 6) is 2.04. The van der Waals surface area contributed by atoms with E-state index < -0.39 is 11.7 Å². The summed E-state index contributed by atoms with van der Waals surface area (Å²) in [6.07, 6.45) is 3.54. The molecular formula is C36H48N6O6. The van der Waals surface area contributed by atoms with Gasteiger partial charge in [-0.05, 0) is 81.3 Å². The summed E-state index contributed by atoms with van der Waals surface area (Å²) in [4.78, 5) is 26.2. The smallest absolute Gasteiger partial charge is 0.410 e. The third-order valence-electron chi connectivity index (χ3n) is 8.39. The van der Waals surface area contributed by atoms with Crippen LogP contribution in [-0.4, -0.2) is 75.2 Å². The van der Waals surface area contributed by atoms with Crippen molar-refractivity contribution in [3.63, 3.8) is 0 Å². The molecule has 2 aromatic heterocycles. The lowest BCUT2D eigenvalue weighted by Gasteiger charge is -2.35. The highest BCUT2D eigenvalue weighted by atomic mass is 16.6. The number of aliphatic hydroxyl groups excluding tert-OH is 1. The first-order valence-corrected chi connectivity index (χ1v) is 16.6. The van der Waals surface area contributed by atoms with E-state index in [0.717, 1.165) is 35.5 Å². The molecule has 12 heteroatoms. The standard InChI is InChI=1S/C36H48N6O6/c1-7-8-21-47-34-38-33(41(23-25-9-13-28(45-5)14-10-25)24-26-11-15-29(46-6)16-12-26)32-37-22-30(42(32)39-34)31(43)27-17-19-40(20-18-27)35(44)48-36(2,3)4/h9-16,22,27,31,43H,7-8,17-21,23-24H2,1-6H3. The van der Waals surface area contributed by atoms with Crippen molar-refractivity contribution in [3.05, 3.63) is 71.5 Å². The van der Waals surface area contributed by atoms with Gasteiger partial charge in [-0.2, -0.15) is 4.98 Å². The van der Waals surface area contributed by atoms with Gasteiger partial charge >= 0.3 is 12.1 Å². The third-order valence-corrected chi connectivity index (χ3v) is 8.39. The fourth-order valence-electron chi connectivity index (χ4n) is 5.72. The molecule has 1 aliphatic rings. The summed E-state index contributed by atoms with van der Waals surface area (Å²) in [7, 11) is 3.30. The van der Waals surface area contributed by atoms with E-state index in [4.69, 9.17) is 34.0 Å². The maximum absolute atomic E-state index is 12.6. The summed E-state index contributed by atoms with van der Waals surface area (Å²) >= 11 is 0. The quantitative estimate of drug-likeness (QED) is 0.166. The van der Waals surface area contributed by atoms with E-state index >= 15 is 0 Å². The number of amides is 1. The molecule has 2 aromatic carbocycles. The Morgan fingerprint density at radius 1 is 0.979 bits per heavy atom. The molecule has 258 valence electrons. The number of anilines is 1. The fourth-order valence-corrected chi connectivity index (χ4v) is 5.72.